The van der Waals surface area contributed by atoms with Gasteiger partial charge in [0, 0.05) is 12.4 Å². The zero-order valence-electron chi connectivity index (χ0n) is 8.91. The highest BCUT2D eigenvalue weighted by molar-refractivity contribution is 5.81. The summed E-state index contributed by atoms with van der Waals surface area (Å²) in [4.78, 5) is 16.9. The lowest BCUT2D eigenvalue weighted by molar-refractivity contribution is 1.17. The highest BCUT2D eigenvalue weighted by Crippen LogP contribution is 2.22. The molecule has 2 N–H and O–H groups in total. The third-order valence-corrected chi connectivity index (χ3v) is 2.40. The number of fused-ring (bicyclic) bond motifs is 1. The lowest BCUT2D eigenvalue weighted by Crippen LogP contribution is -1.99. The fourth-order valence-corrected chi connectivity index (χ4v) is 1.62. The summed E-state index contributed by atoms with van der Waals surface area (Å²) in [5, 5.41) is 0. The molecule has 0 aliphatic carbocycles. The van der Waals surface area contributed by atoms with Gasteiger partial charge < -0.3 is 5.73 Å². The molecule has 0 atom stereocenters. The SMILES string of the molecule is Nc1nc2ccccc2nc1-c1cnccn1. The number of rotatable bonds is 1. The van der Waals surface area contributed by atoms with Crippen LogP contribution in [0.25, 0.3) is 22.4 Å². The van der Waals surface area contributed by atoms with Gasteiger partial charge in [-0.05, 0) is 12.1 Å². The van der Waals surface area contributed by atoms with E-state index in [0.29, 0.717) is 17.2 Å². The molecule has 0 amide bonds. The molecule has 0 bridgehead atoms. The minimum atomic E-state index is 0.365. The van der Waals surface area contributed by atoms with E-state index in [4.69, 9.17) is 5.73 Å². The highest BCUT2D eigenvalue weighted by Gasteiger charge is 2.08. The van der Waals surface area contributed by atoms with Crippen molar-refractivity contribution in [2.24, 2.45) is 0 Å². The molecule has 17 heavy (non-hydrogen) atoms. The van der Waals surface area contributed by atoms with Gasteiger partial charge in [0.05, 0.1) is 17.2 Å². The first kappa shape index (κ1) is 9.65. The van der Waals surface area contributed by atoms with Gasteiger partial charge in [-0.25, -0.2) is 9.97 Å². The van der Waals surface area contributed by atoms with Gasteiger partial charge in [0.2, 0.25) is 0 Å². The fourth-order valence-electron chi connectivity index (χ4n) is 1.62. The van der Waals surface area contributed by atoms with Crippen LogP contribution in [0, 0.1) is 0 Å². The molecule has 3 aromatic rings. The molecule has 0 fully saturated rings. The molecule has 82 valence electrons. The van der Waals surface area contributed by atoms with E-state index in [2.05, 4.69) is 19.9 Å². The lowest BCUT2D eigenvalue weighted by Gasteiger charge is -2.04. The van der Waals surface area contributed by atoms with Crippen LogP contribution in [0.2, 0.25) is 0 Å². The van der Waals surface area contributed by atoms with Crippen molar-refractivity contribution in [2.75, 3.05) is 5.73 Å². The van der Waals surface area contributed by atoms with E-state index < -0.39 is 0 Å². The number of nitrogens with two attached hydrogens (primary N) is 1. The minimum Gasteiger partial charge on any atom is -0.382 e. The molecule has 2 aromatic heterocycles. The van der Waals surface area contributed by atoms with Crippen LogP contribution in [0.3, 0.4) is 0 Å². The van der Waals surface area contributed by atoms with Crippen molar-refractivity contribution in [1.82, 2.24) is 19.9 Å². The van der Waals surface area contributed by atoms with Crippen LogP contribution in [0.4, 0.5) is 5.82 Å². The second kappa shape index (κ2) is 3.79. The lowest BCUT2D eigenvalue weighted by atomic mass is 10.2. The Morgan fingerprint density at radius 3 is 2.41 bits per heavy atom. The zero-order valence-corrected chi connectivity index (χ0v) is 8.91. The van der Waals surface area contributed by atoms with E-state index >= 15 is 0 Å². The molecule has 2 heterocycles. The minimum absolute atomic E-state index is 0.365. The van der Waals surface area contributed by atoms with Gasteiger partial charge >= 0.3 is 0 Å². The molecular weight excluding hydrogens is 214 g/mol. The first-order valence-corrected chi connectivity index (χ1v) is 5.13. The predicted octanol–water partition coefficient (Wildman–Crippen LogP) is 1.67. The van der Waals surface area contributed by atoms with E-state index in [1.165, 1.54) is 0 Å². The molecule has 1 aromatic carbocycles. The summed E-state index contributed by atoms with van der Waals surface area (Å²) in [5.74, 6) is 0.365. The van der Waals surface area contributed by atoms with Crippen molar-refractivity contribution < 1.29 is 0 Å². The average Bonchev–Trinajstić information content (AvgIpc) is 2.39. The Balaban J connectivity index is 2.27. The fraction of sp³-hybridized carbons (Fsp3) is 0. The summed E-state index contributed by atoms with van der Waals surface area (Å²) in [7, 11) is 0. The number of benzene rings is 1. The van der Waals surface area contributed by atoms with Gasteiger partial charge in [0.1, 0.15) is 11.4 Å². The maximum Gasteiger partial charge on any atom is 0.152 e. The summed E-state index contributed by atoms with van der Waals surface area (Å²) in [6, 6.07) is 7.58. The standard InChI is InChI=1S/C12H9N5/c13-12-11(10-7-14-5-6-15-10)16-8-3-1-2-4-9(8)17-12/h1-7H,(H2,13,17). The topological polar surface area (TPSA) is 77.6 Å². The van der Waals surface area contributed by atoms with E-state index in [0.717, 1.165) is 11.0 Å². The highest BCUT2D eigenvalue weighted by atomic mass is 14.9. The number of anilines is 1. The largest absolute Gasteiger partial charge is 0.382 e. The van der Waals surface area contributed by atoms with Gasteiger partial charge in [0.25, 0.3) is 0 Å². The Labute approximate surface area is 97.4 Å². The van der Waals surface area contributed by atoms with E-state index in [1.54, 1.807) is 18.6 Å². The predicted molar refractivity (Wildman–Crippen MR) is 65.0 cm³/mol. The first-order valence-electron chi connectivity index (χ1n) is 5.13. The Morgan fingerprint density at radius 2 is 1.71 bits per heavy atom. The summed E-state index contributed by atoms with van der Waals surface area (Å²) >= 11 is 0. The van der Waals surface area contributed by atoms with E-state index in [9.17, 15) is 0 Å². The van der Waals surface area contributed by atoms with Gasteiger partial charge in [-0.15, -0.1) is 0 Å². The maximum absolute atomic E-state index is 5.88. The van der Waals surface area contributed by atoms with Crippen LogP contribution in [0.5, 0.6) is 0 Å². The van der Waals surface area contributed by atoms with Crippen LogP contribution in [0.15, 0.2) is 42.9 Å². The Hall–Kier alpha value is -2.56. The number of hydrogen-bond acceptors (Lipinski definition) is 5. The molecule has 0 unspecified atom stereocenters. The second-order valence-electron chi connectivity index (χ2n) is 3.54. The molecule has 0 aliphatic rings. The third kappa shape index (κ3) is 1.67. The quantitative estimate of drug-likeness (QED) is 0.679. The molecule has 0 aliphatic heterocycles. The van der Waals surface area contributed by atoms with Gasteiger partial charge in [-0.1, -0.05) is 12.1 Å². The van der Waals surface area contributed by atoms with Crippen LogP contribution >= 0.6 is 0 Å². The van der Waals surface area contributed by atoms with Crippen molar-refractivity contribution in [3.05, 3.63) is 42.9 Å². The average molecular weight is 223 g/mol. The number of para-hydroxylation sites is 2. The van der Waals surface area contributed by atoms with Gasteiger partial charge in [-0.3, -0.25) is 9.97 Å². The molecule has 0 saturated carbocycles. The van der Waals surface area contributed by atoms with E-state index in [-0.39, 0.29) is 0 Å². The molecular formula is C12H9N5. The number of nitrogen functional groups attached to an aromatic ring is 1. The Morgan fingerprint density at radius 1 is 0.941 bits per heavy atom. The summed E-state index contributed by atoms with van der Waals surface area (Å²) in [6.45, 7) is 0. The zero-order chi connectivity index (χ0) is 11.7. The third-order valence-electron chi connectivity index (χ3n) is 2.40. The smallest absolute Gasteiger partial charge is 0.152 e. The number of nitrogens with zero attached hydrogens (tertiary/aromatic N) is 4. The summed E-state index contributed by atoms with van der Waals surface area (Å²) in [5.41, 5.74) is 8.64. The molecule has 0 spiro atoms. The van der Waals surface area contributed by atoms with Gasteiger partial charge in [-0.2, -0.15) is 0 Å². The van der Waals surface area contributed by atoms with Crippen molar-refractivity contribution >= 4 is 16.9 Å². The van der Waals surface area contributed by atoms with Crippen molar-refractivity contribution in [3.63, 3.8) is 0 Å². The van der Waals surface area contributed by atoms with Gasteiger partial charge in [0.15, 0.2) is 5.82 Å². The monoisotopic (exact) mass is 223 g/mol. The van der Waals surface area contributed by atoms with Crippen LogP contribution in [-0.4, -0.2) is 19.9 Å². The Kier molecular flexibility index (Phi) is 2.15. The molecule has 3 rings (SSSR count). The van der Waals surface area contributed by atoms with Crippen LogP contribution in [-0.2, 0) is 0 Å². The maximum atomic E-state index is 5.88. The summed E-state index contributed by atoms with van der Waals surface area (Å²) < 4.78 is 0. The first-order chi connectivity index (χ1) is 8.34. The normalized spacial score (nSPS) is 10.6. The number of hydrogen-bond donors (Lipinski definition) is 1. The molecule has 0 saturated heterocycles. The van der Waals surface area contributed by atoms with Crippen molar-refractivity contribution in [3.8, 4) is 11.4 Å². The molecule has 5 nitrogen and oxygen atoms in total. The number of aromatic nitrogens is 4. The van der Waals surface area contributed by atoms with Crippen LogP contribution < -0.4 is 5.73 Å². The molecule has 5 heteroatoms. The van der Waals surface area contributed by atoms with Crippen molar-refractivity contribution in [1.29, 1.82) is 0 Å². The summed E-state index contributed by atoms with van der Waals surface area (Å²) in [6.07, 6.45) is 4.83. The Bertz CT molecular complexity index is 666. The van der Waals surface area contributed by atoms with Crippen LogP contribution in [0.1, 0.15) is 0 Å². The molecule has 0 radical (unpaired) electrons. The second-order valence-corrected chi connectivity index (χ2v) is 3.54. The van der Waals surface area contributed by atoms with Crippen molar-refractivity contribution in [2.45, 2.75) is 0 Å². The van der Waals surface area contributed by atoms with E-state index in [1.807, 2.05) is 24.3 Å².